The van der Waals surface area contributed by atoms with Gasteiger partial charge < -0.3 is 16.2 Å². The first-order valence-corrected chi connectivity index (χ1v) is 4.60. The van der Waals surface area contributed by atoms with E-state index in [4.69, 9.17) is 5.73 Å². The number of nitrogens with one attached hydrogen (secondary N) is 1. The first-order valence-electron chi connectivity index (χ1n) is 4.60. The average Bonchev–Trinajstić information content (AvgIpc) is 2.14. The van der Waals surface area contributed by atoms with Crippen molar-refractivity contribution in [3.63, 3.8) is 0 Å². The van der Waals surface area contributed by atoms with Gasteiger partial charge in [-0.25, -0.2) is 4.98 Å². The normalized spacial score (nSPS) is 12.9. The van der Waals surface area contributed by atoms with E-state index in [1.807, 2.05) is 13.8 Å². The number of aromatic nitrogens is 2. The summed E-state index contributed by atoms with van der Waals surface area (Å²) in [6.45, 7) is 4.33. The van der Waals surface area contributed by atoms with Crippen LogP contribution in [0.2, 0.25) is 0 Å². The Morgan fingerprint density at radius 1 is 1.57 bits per heavy atom. The number of aliphatic hydroxyl groups excluding tert-OH is 1. The number of anilines is 2. The van der Waals surface area contributed by atoms with Crippen molar-refractivity contribution >= 4 is 11.8 Å². The third-order valence-electron chi connectivity index (χ3n) is 1.92. The Hall–Kier alpha value is -1.36. The van der Waals surface area contributed by atoms with Crippen LogP contribution in [0, 0.1) is 5.92 Å². The molecule has 1 aromatic rings. The number of aliphatic hydroxyl groups is 1. The summed E-state index contributed by atoms with van der Waals surface area (Å²) in [5.41, 5.74) is 5.47. The molecule has 0 fully saturated rings. The van der Waals surface area contributed by atoms with E-state index in [9.17, 15) is 5.11 Å². The van der Waals surface area contributed by atoms with Crippen molar-refractivity contribution in [1.82, 2.24) is 9.97 Å². The van der Waals surface area contributed by atoms with Crippen LogP contribution in [-0.2, 0) is 0 Å². The van der Waals surface area contributed by atoms with Crippen molar-refractivity contribution in [2.45, 2.75) is 20.0 Å². The van der Waals surface area contributed by atoms with E-state index in [0.29, 0.717) is 18.3 Å². The highest BCUT2D eigenvalue weighted by atomic mass is 16.3. The van der Waals surface area contributed by atoms with E-state index in [1.165, 1.54) is 0 Å². The monoisotopic (exact) mass is 196 g/mol. The van der Waals surface area contributed by atoms with Gasteiger partial charge in [-0.1, -0.05) is 13.8 Å². The average molecular weight is 196 g/mol. The molecule has 1 heterocycles. The van der Waals surface area contributed by atoms with Gasteiger partial charge in [0.15, 0.2) is 0 Å². The van der Waals surface area contributed by atoms with Gasteiger partial charge in [-0.3, -0.25) is 0 Å². The summed E-state index contributed by atoms with van der Waals surface area (Å²) < 4.78 is 0. The number of nitrogens with two attached hydrogens (primary N) is 1. The summed E-state index contributed by atoms with van der Waals surface area (Å²) in [5.74, 6) is 1.08. The molecule has 0 amide bonds. The Morgan fingerprint density at radius 2 is 2.29 bits per heavy atom. The van der Waals surface area contributed by atoms with Crippen molar-refractivity contribution < 1.29 is 5.11 Å². The predicted molar refractivity (Wildman–Crippen MR) is 55.8 cm³/mol. The van der Waals surface area contributed by atoms with Crippen LogP contribution in [0.15, 0.2) is 12.3 Å². The van der Waals surface area contributed by atoms with Crippen LogP contribution in [0.4, 0.5) is 11.8 Å². The molecule has 1 atom stereocenters. The zero-order chi connectivity index (χ0) is 10.6. The molecule has 1 aromatic heterocycles. The molecule has 78 valence electrons. The SMILES string of the molecule is CC(C)C(O)CNc1nccc(N)n1. The molecule has 0 aliphatic carbocycles. The lowest BCUT2D eigenvalue weighted by Gasteiger charge is -2.14. The lowest BCUT2D eigenvalue weighted by molar-refractivity contribution is 0.137. The van der Waals surface area contributed by atoms with E-state index < -0.39 is 6.10 Å². The minimum atomic E-state index is -0.403. The summed E-state index contributed by atoms with van der Waals surface area (Å²) in [6.07, 6.45) is 1.17. The summed E-state index contributed by atoms with van der Waals surface area (Å²) in [4.78, 5) is 7.91. The zero-order valence-corrected chi connectivity index (χ0v) is 8.44. The Kier molecular flexibility index (Phi) is 3.64. The van der Waals surface area contributed by atoms with E-state index in [2.05, 4.69) is 15.3 Å². The number of hydrogen-bond donors (Lipinski definition) is 3. The fraction of sp³-hybridized carbons (Fsp3) is 0.556. The Morgan fingerprint density at radius 3 is 2.86 bits per heavy atom. The number of hydrogen-bond acceptors (Lipinski definition) is 5. The Balaban J connectivity index is 2.45. The van der Waals surface area contributed by atoms with Gasteiger partial charge in [-0.05, 0) is 12.0 Å². The van der Waals surface area contributed by atoms with Gasteiger partial charge in [0.25, 0.3) is 0 Å². The van der Waals surface area contributed by atoms with Crippen LogP contribution < -0.4 is 11.1 Å². The van der Waals surface area contributed by atoms with Crippen LogP contribution in [0.5, 0.6) is 0 Å². The van der Waals surface area contributed by atoms with Crippen molar-refractivity contribution in [2.75, 3.05) is 17.6 Å². The summed E-state index contributed by atoms with van der Waals surface area (Å²) in [7, 11) is 0. The molecule has 4 N–H and O–H groups in total. The van der Waals surface area contributed by atoms with Crippen LogP contribution >= 0.6 is 0 Å². The summed E-state index contributed by atoms with van der Waals surface area (Å²) in [5, 5.41) is 12.4. The molecular formula is C9H16N4O. The van der Waals surface area contributed by atoms with E-state index in [-0.39, 0.29) is 5.92 Å². The molecule has 5 heteroatoms. The minimum absolute atomic E-state index is 0.212. The molecule has 1 rings (SSSR count). The van der Waals surface area contributed by atoms with Gasteiger partial charge in [-0.2, -0.15) is 4.98 Å². The maximum absolute atomic E-state index is 9.51. The Bertz CT molecular complexity index is 290. The standard InChI is InChI=1S/C9H16N4O/c1-6(2)7(14)5-12-9-11-4-3-8(10)13-9/h3-4,6-7,14H,5H2,1-2H3,(H3,10,11,12,13). The minimum Gasteiger partial charge on any atom is -0.391 e. The first-order chi connectivity index (χ1) is 6.59. The summed E-state index contributed by atoms with van der Waals surface area (Å²) >= 11 is 0. The van der Waals surface area contributed by atoms with Crippen LogP contribution in [-0.4, -0.2) is 27.7 Å². The lowest BCUT2D eigenvalue weighted by Crippen LogP contribution is -2.25. The smallest absolute Gasteiger partial charge is 0.224 e. The maximum atomic E-state index is 9.51. The first kappa shape index (κ1) is 10.7. The van der Waals surface area contributed by atoms with Crippen molar-refractivity contribution in [2.24, 2.45) is 5.92 Å². The largest absolute Gasteiger partial charge is 0.391 e. The molecule has 0 saturated heterocycles. The summed E-state index contributed by atoms with van der Waals surface area (Å²) in [6, 6.07) is 1.62. The van der Waals surface area contributed by atoms with Gasteiger partial charge in [0, 0.05) is 12.7 Å². The predicted octanol–water partition coefficient (Wildman–Crippen LogP) is 0.488. The van der Waals surface area contributed by atoms with Crippen LogP contribution in [0.25, 0.3) is 0 Å². The second-order valence-electron chi connectivity index (χ2n) is 3.50. The van der Waals surface area contributed by atoms with Crippen molar-refractivity contribution in [3.05, 3.63) is 12.3 Å². The molecule has 0 aliphatic rings. The lowest BCUT2D eigenvalue weighted by atomic mass is 10.1. The fourth-order valence-electron chi connectivity index (χ4n) is 0.889. The van der Waals surface area contributed by atoms with Crippen LogP contribution in [0.3, 0.4) is 0 Å². The van der Waals surface area contributed by atoms with E-state index in [0.717, 1.165) is 0 Å². The highest BCUT2D eigenvalue weighted by Crippen LogP contribution is 2.04. The molecule has 0 aliphatic heterocycles. The highest BCUT2D eigenvalue weighted by molar-refractivity contribution is 5.34. The maximum Gasteiger partial charge on any atom is 0.224 e. The Labute approximate surface area is 83.4 Å². The van der Waals surface area contributed by atoms with Crippen LogP contribution in [0.1, 0.15) is 13.8 Å². The second kappa shape index (κ2) is 4.76. The highest BCUT2D eigenvalue weighted by Gasteiger charge is 2.08. The molecule has 0 saturated carbocycles. The number of nitrogen functional groups attached to an aromatic ring is 1. The van der Waals surface area contributed by atoms with Gasteiger partial charge >= 0.3 is 0 Å². The molecule has 0 radical (unpaired) electrons. The second-order valence-corrected chi connectivity index (χ2v) is 3.50. The van der Waals surface area contributed by atoms with Gasteiger partial charge in [0.2, 0.25) is 5.95 Å². The molecular weight excluding hydrogens is 180 g/mol. The van der Waals surface area contributed by atoms with Gasteiger partial charge in [0.05, 0.1) is 6.10 Å². The van der Waals surface area contributed by atoms with Crippen molar-refractivity contribution in [1.29, 1.82) is 0 Å². The molecule has 0 spiro atoms. The molecule has 14 heavy (non-hydrogen) atoms. The van der Waals surface area contributed by atoms with Crippen molar-refractivity contribution in [3.8, 4) is 0 Å². The molecule has 0 bridgehead atoms. The number of rotatable bonds is 4. The van der Waals surface area contributed by atoms with Gasteiger partial charge in [0.1, 0.15) is 5.82 Å². The fourth-order valence-corrected chi connectivity index (χ4v) is 0.889. The topological polar surface area (TPSA) is 84.1 Å². The van der Waals surface area contributed by atoms with Gasteiger partial charge in [-0.15, -0.1) is 0 Å². The molecule has 1 unspecified atom stereocenters. The number of nitrogens with zero attached hydrogens (tertiary/aromatic N) is 2. The van der Waals surface area contributed by atoms with E-state index in [1.54, 1.807) is 12.3 Å². The third-order valence-corrected chi connectivity index (χ3v) is 1.92. The van der Waals surface area contributed by atoms with E-state index >= 15 is 0 Å². The quantitative estimate of drug-likeness (QED) is 0.652. The molecule has 0 aromatic carbocycles. The zero-order valence-electron chi connectivity index (χ0n) is 8.44. The molecule has 5 nitrogen and oxygen atoms in total. The third kappa shape index (κ3) is 3.18.